The summed E-state index contributed by atoms with van der Waals surface area (Å²) in [4.78, 5) is 23.6. The van der Waals surface area contributed by atoms with Crippen LogP contribution in [-0.2, 0) is 4.79 Å². The molecule has 1 amide bonds. The molecule has 7 heteroatoms. The van der Waals surface area contributed by atoms with Crippen molar-refractivity contribution in [1.82, 2.24) is 9.88 Å². The van der Waals surface area contributed by atoms with Gasteiger partial charge in [-0.1, -0.05) is 12.1 Å². The normalized spacial score (nSPS) is 17.9. The topological polar surface area (TPSA) is 58.7 Å². The standard InChI is InChI=1S/C17H14BrN3O2S/c1-3-9-21-16(22)13(10-12-7-8-14(18)23-12)24-17(21)20-15-6-4-5-11(2)19-15/h3-8,10H,1,9H2,2H3/b13-10+,20-17+. The van der Waals surface area contributed by atoms with E-state index < -0.39 is 0 Å². The highest BCUT2D eigenvalue weighted by atomic mass is 79.9. The SMILES string of the molecule is C=CCN1C(=O)/C(=C\c2ccc(Br)o2)S/C1=N/c1cccc(C)n1. The molecule has 0 atom stereocenters. The molecule has 1 aliphatic rings. The zero-order valence-electron chi connectivity index (χ0n) is 12.9. The molecule has 0 N–H and O–H groups in total. The molecule has 1 fully saturated rings. The highest BCUT2D eigenvalue weighted by Crippen LogP contribution is 2.34. The molecular formula is C17H14BrN3O2S. The minimum absolute atomic E-state index is 0.126. The Bertz CT molecular complexity index is 857. The third-order valence-corrected chi connectivity index (χ3v) is 4.58. The summed E-state index contributed by atoms with van der Waals surface area (Å²) in [7, 11) is 0. The molecule has 0 aromatic carbocycles. The summed E-state index contributed by atoms with van der Waals surface area (Å²) in [5.41, 5.74) is 0.873. The van der Waals surface area contributed by atoms with E-state index in [1.54, 1.807) is 29.2 Å². The van der Waals surface area contributed by atoms with Crippen molar-refractivity contribution < 1.29 is 9.21 Å². The fourth-order valence-electron chi connectivity index (χ4n) is 2.11. The van der Waals surface area contributed by atoms with Crippen LogP contribution in [0.1, 0.15) is 11.5 Å². The molecule has 2 aromatic rings. The van der Waals surface area contributed by atoms with E-state index in [-0.39, 0.29) is 5.91 Å². The fourth-order valence-corrected chi connectivity index (χ4v) is 3.40. The van der Waals surface area contributed by atoms with Gasteiger partial charge in [0.05, 0.1) is 4.91 Å². The Morgan fingerprint density at radius 3 is 2.92 bits per heavy atom. The van der Waals surface area contributed by atoms with E-state index in [0.29, 0.717) is 32.9 Å². The highest BCUT2D eigenvalue weighted by Gasteiger charge is 2.33. The van der Waals surface area contributed by atoms with Crippen molar-refractivity contribution in [1.29, 1.82) is 0 Å². The van der Waals surface area contributed by atoms with Crippen LogP contribution >= 0.6 is 27.7 Å². The maximum absolute atomic E-state index is 12.6. The number of aryl methyl sites for hydroxylation is 1. The van der Waals surface area contributed by atoms with E-state index in [1.807, 2.05) is 25.1 Å². The fraction of sp³-hybridized carbons (Fsp3) is 0.118. The van der Waals surface area contributed by atoms with Crippen LogP contribution in [0.15, 0.2) is 62.0 Å². The largest absolute Gasteiger partial charge is 0.450 e. The van der Waals surface area contributed by atoms with Gasteiger partial charge in [-0.25, -0.2) is 9.98 Å². The number of aromatic nitrogens is 1. The summed E-state index contributed by atoms with van der Waals surface area (Å²) >= 11 is 4.55. The summed E-state index contributed by atoms with van der Waals surface area (Å²) in [6.45, 7) is 5.99. The number of nitrogens with zero attached hydrogens (tertiary/aromatic N) is 3. The lowest BCUT2D eigenvalue weighted by Crippen LogP contribution is -2.29. The van der Waals surface area contributed by atoms with Gasteiger partial charge in [0.15, 0.2) is 15.7 Å². The zero-order chi connectivity index (χ0) is 17.1. The van der Waals surface area contributed by atoms with Gasteiger partial charge >= 0.3 is 0 Å². The minimum Gasteiger partial charge on any atom is -0.450 e. The molecule has 5 nitrogen and oxygen atoms in total. The number of rotatable bonds is 4. The van der Waals surface area contributed by atoms with Gasteiger partial charge < -0.3 is 4.42 Å². The Kier molecular flexibility index (Phi) is 5.01. The average molecular weight is 404 g/mol. The van der Waals surface area contributed by atoms with Crippen LogP contribution in [0.25, 0.3) is 6.08 Å². The van der Waals surface area contributed by atoms with Gasteiger partial charge in [-0.15, -0.1) is 6.58 Å². The molecular weight excluding hydrogens is 390 g/mol. The molecule has 0 aliphatic carbocycles. The van der Waals surface area contributed by atoms with Crippen LogP contribution in [0.3, 0.4) is 0 Å². The molecule has 122 valence electrons. The zero-order valence-corrected chi connectivity index (χ0v) is 15.3. The van der Waals surface area contributed by atoms with E-state index in [2.05, 4.69) is 32.5 Å². The Morgan fingerprint density at radius 2 is 2.25 bits per heavy atom. The van der Waals surface area contributed by atoms with Crippen LogP contribution in [0.4, 0.5) is 5.82 Å². The molecule has 0 bridgehead atoms. The summed E-state index contributed by atoms with van der Waals surface area (Å²) < 4.78 is 6.06. The van der Waals surface area contributed by atoms with Crippen molar-refractivity contribution in [2.45, 2.75) is 6.92 Å². The van der Waals surface area contributed by atoms with Crippen molar-refractivity contribution in [3.8, 4) is 0 Å². The number of halogens is 1. The summed E-state index contributed by atoms with van der Waals surface area (Å²) in [5.74, 6) is 1.05. The Morgan fingerprint density at radius 1 is 1.42 bits per heavy atom. The average Bonchev–Trinajstić information content (AvgIpc) is 3.07. The number of hydrogen-bond acceptors (Lipinski definition) is 5. The second kappa shape index (κ2) is 7.19. The first kappa shape index (κ1) is 16.7. The van der Waals surface area contributed by atoms with Gasteiger partial charge in [-0.2, -0.15) is 0 Å². The van der Waals surface area contributed by atoms with Gasteiger partial charge in [-0.3, -0.25) is 9.69 Å². The molecule has 0 unspecified atom stereocenters. The monoisotopic (exact) mass is 403 g/mol. The maximum atomic E-state index is 12.6. The first-order valence-electron chi connectivity index (χ1n) is 7.17. The van der Waals surface area contributed by atoms with Gasteiger partial charge in [-0.05, 0) is 58.9 Å². The molecule has 1 aliphatic heterocycles. The van der Waals surface area contributed by atoms with E-state index in [1.165, 1.54) is 11.8 Å². The van der Waals surface area contributed by atoms with E-state index in [0.717, 1.165) is 5.69 Å². The lowest BCUT2D eigenvalue weighted by Gasteiger charge is -2.12. The number of amides is 1. The highest BCUT2D eigenvalue weighted by molar-refractivity contribution is 9.10. The second-order valence-corrected chi connectivity index (χ2v) is 6.78. The lowest BCUT2D eigenvalue weighted by atomic mass is 10.3. The number of furan rings is 1. The Balaban J connectivity index is 1.95. The molecule has 0 radical (unpaired) electrons. The van der Waals surface area contributed by atoms with Gasteiger partial charge in [0.25, 0.3) is 5.91 Å². The number of amidine groups is 1. The van der Waals surface area contributed by atoms with Crippen molar-refractivity contribution >= 4 is 50.7 Å². The third-order valence-electron chi connectivity index (χ3n) is 3.15. The Labute approximate surface area is 152 Å². The van der Waals surface area contributed by atoms with Crippen LogP contribution < -0.4 is 0 Å². The van der Waals surface area contributed by atoms with Gasteiger partial charge in [0, 0.05) is 18.3 Å². The molecule has 1 saturated heterocycles. The van der Waals surface area contributed by atoms with Crippen LogP contribution in [-0.4, -0.2) is 27.5 Å². The smallest absolute Gasteiger partial charge is 0.267 e. The number of aliphatic imine (C=N–C) groups is 1. The van der Waals surface area contributed by atoms with Crippen LogP contribution in [0.5, 0.6) is 0 Å². The van der Waals surface area contributed by atoms with Crippen molar-refractivity contribution in [3.63, 3.8) is 0 Å². The molecule has 3 rings (SSSR count). The molecule has 0 spiro atoms. The second-order valence-electron chi connectivity index (χ2n) is 4.99. The third kappa shape index (κ3) is 3.68. The molecule has 0 saturated carbocycles. The van der Waals surface area contributed by atoms with Crippen molar-refractivity contribution in [2.24, 2.45) is 4.99 Å². The number of carbonyl (C=O) groups is 1. The number of thioether (sulfide) groups is 1. The maximum Gasteiger partial charge on any atom is 0.267 e. The molecule has 24 heavy (non-hydrogen) atoms. The predicted molar refractivity (Wildman–Crippen MR) is 100.0 cm³/mol. The minimum atomic E-state index is -0.126. The lowest BCUT2D eigenvalue weighted by molar-refractivity contribution is -0.121. The summed E-state index contributed by atoms with van der Waals surface area (Å²) in [5, 5.41) is 0.579. The Hall–Kier alpha value is -2.12. The van der Waals surface area contributed by atoms with E-state index in [4.69, 9.17) is 4.42 Å². The quantitative estimate of drug-likeness (QED) is 0.555. The van der Waals surface area contributed by atoms with Crippen LogP contribution in [0.2, 0.25) is 0 Å². The summed E-state index contributed by atoms with van der Waals surface area (Å²) in [6, 6.07) is 9.17. The number of pyridine rings is 1. The van der Waals surface area contributed by atoms with Crippen molar-refractivity contribution in [3.05, 3.63) is 64.0 Å². The first-order chi connectivity index (χ1) is 11.6. The van der Waals surface area contributed by atoms with E-state index >= 15 is 0 Å². The molecule has 3 heterocycles. The number of carbonyl (C=O) groups excluding carboxylic acids is 1. The predicted octanol–water partition coefficient (Wildman–Crippen LogP) is 4.54. The number of hydrogen-bond donors (Lipinski definition) is 0. The first-order valence-corrected chi connectivity index (χ1v) is 8.78. The summed E-state index contributed by atoms with van der Waals surface area (Å²) in [6.07, 6.45) is 3.38. The van der Waals surface area contributed by atoms with Crippen molar-refractivity contribution in [2.75, 3.05) is 6.54 Å². The van der Waals surface area contributed by atoms with E-state index in [9.17, 15) is 4.79 Å². The van der Waals surface area contributed by atoms with Crippen LogP contribution in [0, 0.1) is 6.92 Å². The van der Waals surface area contributed by atoms with Gasteiger partial charge in [0.2, 0.25) is 0 Å². The van der Waals surface area contributed by atoms with Gasteiger partial charge in [0.1, 0.15) is 5.76 Å². The molecule has 2 aromatic heterocycles.